The molecule has 174 valence electrons. The Bertz CT molecular complexity index is 1170. The van der Waals surface area contributed by atoms with Crippen LogP contribution >= 0.6 is 0 Å². The summed E-state index contributed by atoms with van der Waals surface area (Å²) < 4.78 is 72.5. The first kappa shape index (κ1) is 24.5. The van der Waals surface area contributed by atoms with E-state index in [1.165, 1.54) is 38.3 Å². The van der Waals surface area contributed by atoms with Crippen LogP contribution in [0.25, 0.3) is 0 Å². The minimum Gasteiger partial charge on any atom is -0.353 e. The van der Waals surface area contributed by atoms with Gasteiger partial charge in [0.1, 0.15) is 12.2 Å². The van der Waals surface area contributed by atoms with Gasteiger partial charge in [-0.05, 0) is 45.0 Å². The fourth-order valence-corrected chi connectivity index (χ4v) is 5.32. The molecule has 1 aliphatic rings. The molecule has 1 saturated heterocycles. The topological polar surface area (TPSA) is 122 Å². The van der Waals surface area contributed by atoms with E-state index in [0.29, 0.717) is 0 Å². The Hall–Kier alpha value is -2.15. The molecular weight excluding hydrogens is 460 g/mol. The maximum absolute atomic E-state index is 12.8. The maximum Gasteiger partial charge on any atom is 0.297 e. The molecule has 2 aromatic carbocycles. The average molecular weight is 485 g/mol. The molecule has 0 N–H and O–H groups in total. The largest absolute Gasteiger partial charge is 0.353 e. The first-order valence-electron chi connectivity index (χ1n) is 9.63. The van der Waals surface area contributed by atoms with Crippen molar-refractivity contribution in [3.8, 4) is 0 Å². The van der Waals surface area contributed by atoms with Crippen LogP contribution in [0.15, 0.2) is 58.3 Å². The molecule has 0 saturated carbocycles. The summed E-state index contributed by atoms with van der Waals surface area (Å²) in [5, 5.41) is 0. The Kier molecular flexibility index (Phi) is 7.18. The van der Waals surface area contributed by atoms with Crippen LogP contribution in [0.4, 0.5) is 0 Å². The Morgan fingerprint density at radius 1 is 0.781 bits per heavy atom. The van der Waals surface area contributed by atoms with Gasteiger partial charge in [-0.1, -0.05) is 35.4 Å². The van der Waals surface area contributed by atoms with Crippen molar-refractivity contribution in [2.75, 3.05) is 7.11 Å². The van der Waals surface area contributed by atoms with E-state index in [4.69, 9.17) is 17.8 Å². The van der Waals surface area contributed by atoms with Crippen LogP contribution in [0.2, 0.25) is 0 Å². The lowest BCUT2D eigenvalue weighted by Crippen LogP contribution is -2.42. The molecule has 0 spiro atoms. The van der Waals surface area contributed by atoms with Crippen molar-refractivity contribution in [1.29, 1.82) is 0 Å². The first-order chi connectivity index (χ1) is 14.9. The third-order valence-electron chi connectivity index (χ3n) is 4.90. The molecule has 32 heavy (non-hydrogen) atoms. The summed E-state index contributed by atoms with van der Waals surface area (Å²) in [6.45, 7) is 4.75. The summed E-state index contributed by atoms with van der Waals surface area (Å²) in [5.41, 5.74) is 1.67. The van der Waals surface area contributed by atoms with Crippen molar-refractivity contribution in [2.45, 2.75) is 55.2 Å². The Balaban J connectivity index is 1.96. The summed E-state index contributed by atoms with van der Waals surface area (Å²) in [7, 11) is -7.52. The van der Waals surface area contributed by atoms with Crippen LogP contribution in [-0.2, 0) is 42.9 Å². The number of carbonyl (C=O) groups excluding carboxylic acids is 1. The Morgan fingerprint density at radius 2 is 1.19 bits per heavy atom. The van der Waals surface area contributed by atoms with Gasteiger partial charge >= 0.3 is 0 Å². The molecule has 0 aliphatic carbocycles. The van der Waals surface area contributed by atoms with Crippen LogP contribution in [-0.4, -0.2) is 54.3 Å². The van der Waals surface area contributed by atoms with Gasteiger partial charge in [-0.3, -0.25) is 13.2 Å². The van der Waals surface area contributed by atoms with Crippen molar-refractivity contribution in [3.05, 3.63) is 59.7 Å². The molecular formula is C21H24O9S2. The van der Waals surface area contributed by atoms with Crippen LogP contribution in [0, 0.1) is 13.8 Å². The summed E-state index contributed by atoms with van der Waals surface area (Å²) in [6, 6.07) is 11.7. The van der Waals surface area contributed by atoms with E-state index in [9.17, 15) is 21.6 Å². The third kappa shape index (κ3) is 5.25. The van der Waals surface area contributed by atoms with Crippen molar-refractivity contribution < 1.29 is 39.5 Å². The monoisotopic (exact) mass is 484 g/mol. The maximum atomic E-state index is 12.8. The van der Waals surface area contributed by atoms with Crippen molar-refractivity contribution in [2.24, 2.45) is 0 Å². The quantitative estimate of drug-likeness (QED) is 0.518. The van der Waals surface area contributed by atoms with E-state index in [1.807, 2.05) is 0 Å². The fourth-order valence-electron chi connectivity index (χ4n) is 3.16. The van der Waals surface area contributed by atoms with Gasteiger partial charge in [0.05, 0.1) is 9.79 Å². The van der Waals surface area contributed by atoms with Crippen molar-refractivity contribution in [1.82, 2.24) is 0 Å². The second-order valence-electron chi connectivity index (χ2n) is 7.43. The van der Waals surface area contributed by atoms with Crippen LogP contribution in [0.5, 0.6) is 0 Å². The van der Waals surface area contributed by atoms with E-state index >= 15 is 0 Å². The molecule has 0 bridgehead atoms. The summed E-state index contributed by atoms with van der Waals surface area (Å²) in [5.74, 6) is -0.574. The van der Waals surface area contributed by atoms with Gasteiger partial charge in [0.2, 0.25) is 0 Å². The van der Waals surface area contributed by atoms with Crippen LogP contribution in [0.1, 0.15) is 18.1 Å². The molecule has 9 nitrogen and oxygen atoms in total. The number of ether oxygens (including phenoxy) is 2. The number of methoxy groups -OCH3 is 1. The number of ketones is 1. The number of rotatable bonds is 8. The van der Waals surface area contributed by atoms with E-state index in [1.54, 1.807) is 38.1 Å². The molecule has 1 aliphatic heterocycles. The zero-order valence-electron chi connectivity index (χ0n) is 17.9. The number of benzene rings is 2. The predicted molar refractivity (Wildman–Crippen MR) is 113 cm³/mol. The zero-order valence-corrected chi connectivity index (χ0v) is 19.6. The number of Topliss-reactive ketones (excluding diaryl/α,β-unsaturated/α-hetero) is 1. The van der Waals surface area contributed by atoms with Gasteiger partial charge in [-0.25, -0.2) is 0 Å². The van der Waals surface area contributed by atoms with Gasteiger partial charge in [0, 0.05) is 7.11 Å². The normalized spacial score (nSPS) is 23.9. The molecule has 3 rings (SSSR count). The highest BCUT2D eigenvalue weighted by molar-refractivity contribution is 7.87. The van der Waals surface area contributed by atoms with Gasteiger partial charge in [-0.2, -0.15) is 16.8 Å². The minimum absolute atomic E-state index is 0.149. The molecule has 2 aromatic rings. The molecule has 1 heterocycles. The third-order valence-corrected chi connectivity index (χ3v) is 7.55. The zero-order chi connectivity index (χ0) is 23.7. The summed E-state index contributed by atoms with van der Waals surface area (Å²) in [4.78, 5) is 11.8. The van der Waals surface area contributed by atoms with Crippen LogP contribution < -0.4 is 0 Å². The first-order valence-corrected chi connectivity index (χ1v) is 12.4. The molecule has 0 aromatic heterocycles. The van der Waals surface area contributed by atoms with Gasteiger partial charge in [0.15, 0.2) is 18.2 Å². The van der Waals surface area contributed by atoms with Gasteiger partial charge in [0.25, 0.3) is 20.2 Å². The standard InChI is InChI=1S/C21H24O9S2/c1-13-5-9-16(10-6-13)31(23,24)29-19-18(15(3)22)28-21(27-4)20(19)30-32(25,26)17-11-7-14(2)8-12-17/h5-12,18-21H,1-4H3/t18-,19+,20-,21-/m1/s1. The average Bonchev–Trinajstić information content (AvgIpc) is 3.05. The highest BCUT2D eigenvalue weighted by atomic mass is 32.2. The number of aryl methyl sites for hydroxylation is 2. The van der Waals surface area contributed by atoms with E-state index in [2.05, 4.69) is 0 Å². The summed E-state index contributed by atoms with van der Waals surface area (Å²) in [6.07, 6.45) is -5.93. The smallest absolute Gasteiger partial charge is 0.297 e. The second kappa shape index (κ2) is 9.38. The lowest BCUT2D eigenvalue weighted by molar-refractivity contribution is -0.155. The lowest BCUT2D eigenvalue weighted by Gasteiger charge is -2.22. The van der Waals surface area contributed by atoms with Gasteiger partial charge < -0.3 is 9.47 Å². The van der Waals surface area contributed by atoms with E-state index in [0.717, 1.165) is 11.1 Å². The van der Waals surface area contributed by atoms with E-state index < -0.39 is 50.6 Å². The van der Waals surface area contributed by atoms with Crippen molar-refractivity contribution >= 4 is 26.0 Å². The number of hydrogen-bond acceptors (Lipinski definition) is 9. The Morgan fingerprint density at radius 3 is 1.56 bits per heavy atom. The predicted octanol–water partition coefficient (Wildman–Crippen LogP) is 2.11. The molecule has 11 heteroatoms. The molecule has 0 unspecified atom stereocenters. The van der Waals surface area contributed by atoms with Gasteiger partial charge in [-0.15, -0.1) is 0 Å². The molecule has 0 amide bonds. The molecule has 1 fully saturated rings. The molecule has 4 atom stereocenters. The van der Waals surface area contributed by atoms with Crippen LogP contribution in [0.3, 0.4) is 0 Å². The highest BCUT2D eigenvalue weighted by Crippen LogP contribution is 2.33. The second-order valence-corrected chi connectivity index (χ2v) is 10.6. The Labute approximate surface area is 187 Å². The highest BCUT2D eigenvalue weighted by Gasteiger charge is 2.53. The fraction of sp³-hybridized carbons (Fsp3) is 0.381. The number of hydrogen-bond donors (Lipinski definition) is 0. The SMILES string of the molecule is CO[C@@H]1O[C@H](C(C)=O)[C@H](OS(=O)(=O)c2ccc(C)cc2)[C@H]1OS(=O)(=O)c1ccc(C)cc1. The molecule has 0 radical (unpaired) electrons. The van der Waals surface area contributed by atoms with Crippen molar-refractivity contribution in [3.63, 3.8) is 0 Å². The lowest BCUT2D eigenvalue weighted by atomic mass is 10.1. The van der Waals surface area contributed by atoms with E-state index in [-0.39, 0.29) is 9.79 Å². The summed E-state index contributed by atoms with van der Waals surface area (Å²) >= 11 is 0. The number of carbonyl (C=O) groups is 1. The minimum atomic E-state index is -4.38.